The Morgan fingerprint density at radius 2 is 1.97 bits per heavy atom. The monoisotopic (exact) mass is 401 g/mol. The summed E-state index contributed by atoms with van der Waals surface area (Å²) in [7, 11) is 1.30. The van der Waals surface area contributed by atoms with Crippen LogP contribution in [0.1, 0.15) is 35.8 Å². The van der Waals surface area contributed by atoms with Gasteiger partial charge < -0.3 is 19.8 Å². The number of anilines is 1. The summed E-state index contributed by atoms with van der Waals surface area (Å²) in [5.74, 6) is -1.01. The van der Waals surface area contributed by atoms with E-state index in [1.165, 1.54) is 7.11 Å². The average molecular weight is 401 g/mol. The molecule has 0 unspecified atom stereocenters. The highest BCUT2D eigenvalue weighted by Crippen LogP contribution is 2.29. The molecule has 0 aliphatic carbocycles. The highest BCUT2D eigenvalue weighted by molar-refractivity contribution is 6.11. The van der Waals surface area contributed by atoms with E-state index < -0.39 is 5.97 Å². The Kier molecular flexibility index (Phi) is 6.53. The second kappa shape index (κ2) is 9.09. The van der Waals surface area contributed by atoms with Crippen molar-refractivity contribution in [2.75, 3.05) is 38.7 Å². The van der Waals surface area contributed by atoms with Crippen LogP contribution < -0.4 is 5.32 Å². The molecule has 156 valence electrons. The van der Waals surface area contributed by atoms with E-state index in [1.54, 1.807) is 6.92 Å². The lowest BCUT2D eigenvalue weighted by molar-refractivity contribution is -0.149. The molecule has 8 heteroatoms. The maximum atomic E-state index is 12.7. The van der Waals surface area contributed by atoms with Gasteiger partial charge in [-0.05, 0) is 51.9 Å². The van der Waals surface area contributed by atoms with E-state index in [0.717, 1.165) is 16.5 Å². The van der Waals surface area contributed by atoms with E-state index in [9.17, 15) is 14.4 Å². The molecule has 8 nitrogen and oxygen atoms in total. The molecular formula is C21H27N3O5. The molecule has 0 atom stereocenters. The van der Waals surface area contributed by atoms with Gasteiger partial charge in [0, 0.05) is 10.9 Å². The molecule has 1 aromatic heterocycles. The van der Waals surface area contributed by atoms with Gasteiger partial charge in [-0.25, -0.2) is 4.79 Å². The molecule has 2 heterocycles. The zero-order valence-corrected chi connectivity index (χ0v) is 17.0. The third-order valence-corrected chi connectivity index (χ3v) is 5.18. The summed E-state index contributed by atoms with van der Waals surface area (Å²) in [6.45, 7) is 5.61. The number of nitrogens with zero attached hydrogens (tertiary/aromatic N) is 1. The van der Waals surface area contributed by atoms with Gasteiger partial charge in [-0.3, -0.25) is 14.5 Å². The normalized spacial score (nSPS) is 15.3. The first-order valence-electron chi connectivity index (χ1n) is 9.82. The molecule has 0 radical (unpaired) electrons. The van der Waals surface area contributed by atoms with Crippen molar-refractivity contribution in [1.29, 1.82) is 0 Å². The lowest BCUT2D eigenvalue weighted by Gasteiger charge is -2.30. The van der Waals surface area contributed by atoms with E-state index >= 15 is 0 Å². The van der Waals surface area contributed by atoms with Crippen LogP contribution in [0.3, 0.4) is 0 Å². The predicted molar refractivity (Wildman–Crippen MR) is 109 cm³/mol. The number of aromatic amines is 1. The third kappa shape index (κ3) is 4.76. The van der Waals surface area contributed by atoms with Crippen molar-refractivity contribution in [2.45, 2.75) is 26.7 Å². The van der Waals surface area contributed by atoms with Crippen LogP contribution in [-0.2, 0) is 19.1 Å². The number of hydrogen-bond acceptors (Lipinski definition) is 6. The maximum Gasteiger partial charge on any atom is 0.356 e. The number of benzene rings is 1. The first kappa shape index (κ1) is 20.9. The van der Waals surface area contributed by atoms with Gasteiger partial charge in [0.05, 0.1) is 31.9 Å². The van der Waals surface area contributed by atoms with Gasteiger partial charge in [0.25, 0.3) is 0 Å². The smallest absolute Gasteiger partial charge is 0.356 e. The summed E-state index contributed by atoms with van der Waals surface area (Å²) >= 11 is 0. The Balaban J connectivity index is 1.68. The Labute approximate surface area is 169 Å². The minimum atomic E-state index is -0.538. The number of H-pyrrole nitrogens is 1. The number of methoxy groups -OCH3 is 1. The minimum absolute atomic E-state index is 0.100. The van der Waals surface area contributed by atoms with E-state index in [-0.39, 0.29) is 30.0 Å². The van der Waals surface area contributed by atoms with Crippen molar-refractivity contribution in [3.63, 3.8) is 0 Å². The Morgan fingerprint density at radius 3 is 2.62 bits per heavy atom. The molecule has 2 N–H and O–H groups in total. The molecule has 1 aromatic carbocycles. The maximum absolute atomic E-state index is 12.7. The number of carbonyl (C=O) groups excluding carboxylic acids is 3. The fraction of sp³-hybridized carbons (Fsp3) is 0.476. The molecule has 1 amide bonds. The summed E-state index contributed by atoms with van der Waals surface area (Å²) in [6, 6.07) is 5.71. The van der Waals surface area contributed by atoms with Gasteiger partial charge in [0.1, 0.15) is 5.69 Å². The topological polar surface area (TPSA) is 101 Å². The number of piperidine rings is 1. The number of amides is 1. The number of ether oxygens (including phenoxy) is 2. The van der Waals surface area contributed by atoms with Crippen molar-refractivity contribution < 1.29 is 23.9 Å². The molecule has 0 saturated carbocycles. The van der Waals surface area contributed by atoms with Crippen LogP contribution >= 0.6 is 0 Å². The fourth-order valence-corrected chi connectivity index (χ4v) is 3.66. The average Bonchev–Trinajstić information content (AvgIpc) is 3.05. The zero-order valence-electron chi connectivity index (χ0n) is 17.0. The number of carbonyl (C=O) groups is 3. The number of rotatable bonds is 6. The van der Waals surface area contributed by atoms with Gasteiger partial charge in [-0.2, -0.15) is 0 Å². The Morgan fingerprint density at radius 1 is 1.24 bits per heavy atom. The van der Waals surface area contributed by atoms with Crippen molar-refractivity contribution in [3.05, 3.63) is 29.5 Å². The number of esters is 2. The van der Waals surface area contributed by atoms with E-state index in [4.69, 9.17) is 9.47 Å². The van der Waals surface area contributed by atoms with Gasteiger partial charge in [0.2, 0.25) is 5.91 Å². The van der Waals surface area contributed by atoms with Crippen LogP contribution in [0.25, 0.3) is 10.9 Å². The second-order valence-electron chi connectivity index (χ2n) is 7.27. The van der Waals surface area contributed by atoms with Crippen LogP contribution in [0, 0.1) is 12.8 Å². The van der Waals surface area contributed by atoms with Crippen molar-refractivity contribution in [2.24, 2.45) is 5.92 Å². The summed E-state index contributed by atoms with van der Waals surface area (Å²) in [4.78, 5) is 41.7. The largest absolute Gasteiger partial charge is 0.466 e. The van der Waals surface area contributed by atoms with Crippen molar-refractivity contribution >= 4 is 34.4 Å². The molecule has 3 rings (SSSR count). The highest BCUT2D eigenvalue weighted by Gasteiger charge is 2.27. The molecule has 1 aliphatic heterocycles. The molecule has 1 aliphatic rings. The molecule has 29 heavy (non-hydrogen) atoms. The molecule has 1 fully saturated rings. The molecule has 0 bridgehead atoms. The lowest BCUT2D eigenvalue weighted by Crippen LogP contribution is -2.41. The molecule has 2 aromatic rings. The van der Waals surface area contributed by atoms with Gasteiger partial charge >= 0.3 is 11.9 Å². The minimum Gasteiger partial charge on any atom is -0.466 e. The SMILES string of the molecule is CCOC(=O)C1CCN(CC(=O)Nc2c(C(=O)OC)[nH]c3ccc(C)cc23)CC1. The van der Waals surface area contributed by atoms with Crippen LogP contribution in [0.15, 0.2) is 18.2 Å². The summed E-state index contributed by atoms with van der Waals surface area (Å²) in [6.07, 6.45) is 1.34. The zero-order chi connectivity index (χ0) is 21.0. The Hall–Kier alpha value is -2.87. The molecule has 1 saturated heterocycles. The molecular weight excluding hydrogens is 374 g/mol. The number of fused-ring (bicyclic) bond motifs is 1. The second-order valence-corrected chi connectivity index (χ2v) is 7.27. The van der Waals surface area contributed by atoms with Crippen molar-refractivity contribution in [3.8, 4) is 0 Å². The predicted octanol–water partition coefficient (Wildman–Crippen LogP) is 2.48. The lowest BCUT2D eigenvalue weighted by atomic mass is 9.97. The van der Waals surface area contributed by atoms with E-state index in [0.29, 0.717) is 38.2 Å². The fourth-order valence-electron chi connectivity index (χ4n) is 3.66. The number of hydrogen-bond donors (Lipinski definition) is 2. The number of aryl methyl sites for hydroxylation is 1. The number of likely N-dealkylation sites (tertiary alicyclic amines) is 1. The van der Waals surface area contributed by atoms with Crippen LogP contribution in [0.4, 0.5) is 5.69 Å². The quantitative estimate of drug-likeness (QED) is 0.721. The summed E-state index contributed by atoms with van der Waals surface area (Å²) in [5.41, 5.74) is 2.43. The van der Waals surface area contributed by atoms with Gasteiger partial charge in [0.15, 0.2) is 0 Å². The van der Waals surface area contributed by atoms with Gasteiger partial charge in [-0.1, -0.05) is 11.6 Å². The summed E-state index contributed by atoms with van der Waals surface area (Å²) in [5, 5.41) is 3.64. The summed E-state index contributed by atoms with van der Waals surface area (Å²) < 4.78 is 9.93. The third-order valence-electron chi connectivity index (χ3n) is 5.18. The highest BCUT2D eigenvalue weighted by atomic mass is 16.5. The van der Waals surface area contributed by atoms with Crippen molar-refractivity contribution in [1.82, 2.24) is 9.88 Å². The first-order chi connectivity index (χ1) is 13.9. The molecule has 0 spiro atoms. The standard InChI is InChI=1S/C21H27N3O5/c1-4-29-20(26)14-7-9-24(10-8-14)12-17(25)23-18-15-11-13(2)5-6-16(15)22-19(18)21(27)28-3/h5-6,11,14,22H,4,7-10,12H2,1-3H3,(H,23,25). The van der Waals surface area contributed by atoms with E-state index in [2.05, 4.69) is 10.3 Å². The number of nitrogens with one attached hydrogen (secondary N) is 2. The number of aromatic nitrogens is 1. The van der Waals surface area contributed by atoms with Crippen LogP contribution in [0.2, 0.25) is 0 Å². The Bertz CT molecular complexity index is 912. The first-order valence-corrected chi connectivity index (χ1v) is 9.82. The van der Waals surface area contributed by atoms with Gasteiger partial charge in [-0.15, -0.1) is 0 Å². The van der Waals surface area contributed by atoms with Crippen LogP contribution in [0.5, 0.6) is 0 Å². The van der Waals surface area contributed by atoms with Crippen LogP contribution in [-0.4, -0.2) is 61.1 Å². The van der Waals surface area contributed by atoms with E-state index in [1.807, 2.05) is 30.0 Å².